The number of fused-ring (bicyclic) bond motifs is 1. The molecule has 0 spiro atoms. The molecule has 2 nitrogen and oxygen atoms in total. The highest BCUT2D eigenvalue weighted by atomic mass is 16.3. The Bertz CT molecular complexity index is 234. The summed E-state index contributed by atoms with van der Waals surface area (Å²) >= 11 is 0. The first-order valence-electron chi connectivity index (χ1n) is 5.26. The molecule has 0 amide bonds. The van der Waals surface area contributed by atoms with Crippen molar-refractivity contribution in [3.8, 4) is 0 Å². The normalized spacial score (nSPS) is 38.2. The molecule has 2 aliphatic carbocycles. The van der Waals surface area contributed by atoms with Crippen molar-refractivity contribution in [2.24, 2.45) is 22.9 Å². The molecule has 0 aliphatic heterocycles. The molecule has 0 N–H and O–H groups in total. The van der Waals surface area contributed by atoms with E-state index < -0.39 is 0 Å². The fourth-order valence-electron chi connectivity index (χ4n) is 2.55. The van der Waals surface area contributed by atoms with E-state index in [9.17, 15) is 4.91 Å². The molecule has 1 saturated carbocycles. The summed E-state index contributed by atoms with van der Waals surface area (Å²) < 4.78 is 0. The van der Waals surface area contributed by atoms with Gasteiger partial charge in [-0.15, -0.1) is 0 Å². The second kappa shape index (κ2) is 3.60. The first-order valence-corrected chi connectivity index (χ1v) is 5.26. The summed E-state index contributed by atoms with van der Waals surface area (Å²) in [5.74, 6) is 2.68. The molecule has 1 fully saturated rings. The molecule has 2 heteroatoms. The van der Waals surface area contributed by atoms with Gasteiger partial charge in [0.25, 0.3) is 0 Å². The second-order valence-electron chi connectivity index (χ2n) is 4.69. The zero-order valence-electron chi connectivity index (χ0n) is 8.20. The number of allylic oxidation sites excluding steroid dienone is 1. The molecule has 0 saturated heterocycles. The standard InChI is InChI=1S/C11H17NO/c1-8-4-9(7-12-13)2-3-10-6-11(10)5-8/h2,8,10-11H,3-7H2,1H3. The predicted molar refractivity (Wildman–Crippen MR) is 53.4 cm³/mol. The lowest BCUT2D eigenvalue weighted by atomic mass is 9.92. The first-order chi connectivity index (χ1) is 6.29. The minimum atomic E-state index is 0.418. The Morgan fingerprint density at radius 3 is 3.08 bits per heavy atom. The Kier molecular flexibility index (Phi) is 2.47. The maximum absolute atomic E-state index is 10.2. The third-order valence-corrected chi connectivity index (χ3v) is 3.36. The van der Waals surface area contributed by atoms with Crippen LogP contribution in [0.2, 0.25) is 0 Å². The zero-order chi connectivity index (χ0) is 9.26. The van der Waals surface area contributed by atoms with Gasteiger partial charge in [-0.3, -0.25) is 0 Å². The smallest absolute Gasteiger partial charge is 0.102 e. The van der Waals surface area contributed by atoms with Gasteiger partial charge in [0, 0.05) is 0 Å². The third-order valence-electron chi connectivity index (χ3n) is 3.36. The van der Waals surface area contributed by atoms with Gasteiger partial charge in [-0.25, -0.2) is 0 Å². The van der Waals surface area contributed by atoms with Crippen molar-refractivity contribution in [1.29, 1.82) is 0 Å². The van der Waals surface area contributed by atoms with E-state index in [4.69, 9.17) is 0 Å². The molecule has 0 aromatic heterocycles. The summed E-state index contributed by atoms with van der Waals surface area (Å²) in [5, 5.41) is 2.99. The van der Waals surface area contributed by atoms with Crippen molar-refractivity contribution in [3.05, 3.63) is 16.6 Å². The Hall–Kier alpha value is -0.660. The van der Waals surface area contributed by atoms with Crippen molar-refractivity contribution in [3.63, 3.8) is 0 Å². The summed E-state index contributed by atoms with van der Waals surface area (Å²) in [7, 11) is 0. The van der Waals surface area contributed by atoms with Gasteiger partial charge in [0.15, 0.2) is 0 Å². The Balaban J connectivity index is 2.00. The molecule has 0 heterocycles. The molecule has 3 atom stereocenters. The Morgan fingerprint density at radius 2 is 2.31 bits per heavy atom. The van der Waals surface area contributed by atoms with Crippen LogP contribution in [0.3, 0.4) is 0 Å². The van der Waals surface area contributed by atoms with Crippen LogP contribution in [0, 0.1) is 22.7 Å². The van der Waals surface area contributed by atoms with Crippen molar-refractivity contribution in [2.75, 3.05) is 6.54 Å². The van der Waals surface area contributed by atoms with Crippen molar-refractivity contribution < 1.29 is 0 Å². The van der Waals surface area contributed by atoms with Crippen LogP contribution < -0.4 is 0 Å². The molecular formula is C11H17NO. The fourth-order valence-corrected chi connectivity index (χ4v) is 2.55. The van der Waals surface area contributed by atoms with Crippen LogP contribution in [0.1, 0.15) is 32.6 Å². The number of hydrogen-bond donors (Lipinski definition) is 0. The van der Waals surface area contributed by atoms with E-state index in [0.717, 1.165) is 24.2 Å². The van der Waals surface area contributed by atoms with Gasteiger partial charge in [-0.2, -0.15) is 4.91 Å². The summed E-state index contributed by atoms with van der Waals surface area (Å²) in [6.45, 7) is 2.71. The average molecular weight is 179 g/mol. The summed E-state index contributed by atoms with van der Waals surface area (Å²) in [4.78, 5) is 10.2. The molecule has 0 aromatic rings. The van der Waals surface area contributed by atoms with E-state index in [1.807, 2.05) is 0 Å². The van der Waals surface area contributed by atoms with E-state index in [1.54, 1.807) is 0 Å². The molecule has 2 rings (SSSR count). The summed E-state index contributed by atoms with van der Waals surface area (Å²) in [6, 6.07) is 0. The van der Waals surface area contributed by atoms with Gasteiger partial charge in [0.1, 0.15) is 6.54 Å². The van der Waals surface area contributed by atoms with E-state index in [0.29, 0.717) is 6.54 Å². The van der Waals surface area contributed by atoms with Crippen molar-refractivity contribution in [1.82, 2.24) is 0 Å². The fraction of sp³-hybridized carbons (Fsp3) is 0.818. The van der Waals surface area contributed by atoms with Gasteiger partial charge in [0.2, 0.25) is 0 Å². The van der Waals surface area contributed by atoms with Crippen LogP contribution in [0.4, 0.5) is 0 Å². The predicted octanol–water partition coefficient (Wildman–Crippen LogP) is 3.14. The van der Waals surface area contributed by atoms with Gasteiger partial charge < -0.3 is 0 Å². The number of nitroso groups, excluding NO2 is 1. The quantitative estimate of drug-likeness (QED) is 0.473. The molecule has 0 aromatic carbocycles. The molecule has 13 heavy (non-hydrogen) atoms. The van der Waals surface area contributed by atoms with Crippen molar-refractivity contribution in [2.45, 2.75) is 32.6 Å². The Morgan fingerprint density at radius 1 is 1.46 bits per heavy atom. The molecule has 0 radical (unpaired) electrons. The summed E-state index contributed by atoms with van der Waals surface area (Å²) in [6.07, 6.45) is 7.34. The van der Waals surface area contributed by atoms with Crippen LogP contribution in [0.5, 0.6) is 0 Å². The average Bonchev–Trinajstić information content (AvgIpc) is 2.76. The van der Waals surface area contributed by atoms with E-state index in [1.165, 1.54) is 24.8 Å². The largest absolute Gasteiger partial charge is 0.150 e. The first kappa shape index (κ1) is 8.92. The van der Waals surface area contributed by atoms with Crippen LogP contribution in [0.25, 0.3) is 0 Å². The third kappa shape index (κ3) is 2.17. The summed E-state index contributed by atoms with van der Waals surface area (Å²) in [5.41, 5.74) is 1.27. The van der Waals surface area contributed by atoms with Crippen molar-refractivity contribution >= 4 is 0 Å². The number of rotatable bonds is 2. The number of nitrogens with zero attached hydrogens (tertiary/aromatic N) is 1. The SMILES string of the molecule is CC1CC(CN=O)=CCC2CC2C1. The minimum Gasteiger partial charge on any atom is -0.150 e. The second-order valence-corrected chi connectivity index (χ2v) is 4.69. The maximum atomic E-state index is 10.2. The van der Waals surface area contributed by atoms with E-state index in [2.05, 4.69) is 18.2 Å². The highest BCUT2D eigenvalue weighted by molar-refractivity contribution is 5.10. The minimum absolute atomic E-state index is 0.418. The monoisotopic (exact) mass is 179 g/mol. The topological polar surface area (TPSA) is 29.4 Å². The van der Waals surface area contributed by atoms with E-state index >= 15 is 0 Å². The van der Waals surface area contributed by atoms with Crippen LogP contribution >= 0.6 is 0 Å². The van der Waals surface area contributed by atoms with Crippen LogP contribution in [-0.4, -0.2) is 6.54 Å². The van der Waals surface area contributed by atoms with Crippen LogP contribution in [0.15, 0.2) is 16.8 Å². The maximum Gasteiger partial charge on any atom is 0.102 e. The van der Waals surface area contributed by atoms with Crippen LogP contribution in [-0.2, 0) is 0 Å². The zero-order valence-corrected chi connectivity index (χ0v) is 8.20. The number of hydrogen-bond acceptors (Lipinski definition) is 2. The molecule has 3 unspecified atom stereocenters. The van der Waals surface area contributed by atoms with Gasteiger partial charge >= 0.3 is 0 Å². The van der Waals surface area contributed by atoms with Gasteiger partial charge in [-0.05, 0) is 49.0 Å². The lowest BCUT2D eigenvalue weighted by Gasteiger charge is -2.14. The van der Waals surface area contributed by atoms with E-state index in [-0.39, 0.29) is 0 Å². The lowest BCUT2D eigenvalue weighted by molar-refractivity contribution is 0.460. The lowest BCUT2D eigenvalue weighted by Crippen LogP contribution is -2.04. The Labute approximate surface area is 79.4 Å². The highest BCUT2D eigenvalue weighted by Gasteiger charge is 2.37. The molecule has 2 aliphatic rings. The molecule has 72 valence electrons. The molecular weight excluding hydrogens is 162 g/mol. The molecule has 0 bridgehead atoms. The highest BCUT2D eigenvalue weighted by Crippen LogP contribution is 2.47. The van der Waals surface area contributed by atoms with Gasteiger partial charge in [-0.1, -0.05) is 18.2 Å². The van der Waals surface area contributed by atoms with Gasteiger partial charge in [0.05, 0.1) is 0 Å².